The number of aryl methyl sites for hydroxylation is 2. The summed E-state index contributed by atoms with van der Waals surface area (Å²) < 4.78 is 11.3. The van der Waals surface area contributed by atoms with E-state index in [-0.39, 0.29) is 12.2 Å². The van der Waals surface area contributed by atoms with Gasteiger partial charge in [0.25, 0.3) is 0 Å². The van der Waals surface area contributed by atoms with E-state index in [4.69, 9.17) is 9.47 Å². The lowest BCUT2D eigenvalue weighted by atomic mass is 10.1. The number of hydrogen-bond acceptors (Lipinski definition) is 4. The minimum absolute atomic E-state index is 0.220. The Hall–Kier alpha value is -1.10. The van der Waals surface area contributed by atoms with Crippen LogP contribution in [0, 0.1) is 13.8 Å². The van der Waals surface area contributed by atoms with Crippen LogP contribution in [-0.4, -0.2) is 43.1 Å². The summed E-state index contributed by atoms with van der Waals surface area (Å²) >= 11 is 0. The maximum Gasteiger partial charge on any atom is 0.122 e. The smallest absolute Gasteiger partial charge is 0.122 e. The first-order valence-electron chi connectivity index (χ1n) is 7.57. The van der Waals surface area contributed by atoms with Crippen LogP contribution in [-0.2, 0) is 4.74 Å². The predicted molar refractivity (Wildman–Crippen MR) is 86.0 cm³/mol. The van der Waals surface area contributed by atoms with E-state index < -0.39 is 6.10 Å². The highest BCUT2D eigenvalue weighted by Gasteiger charge is 2.17. The first kappa shape index (κ1) is 18.0. The van der Waals surface area contributed by atoms with Gasteiger partial charge in [0.1, 0.15) is 18.5 Å². The molecule has 2 N–H and O–H groups in total. The maximum atomic E-state index is 9.97. The first-order chi connectivity index (χ1) is 9.84. The fourth-order valence-corrected chi connectivity index (χ4v) is 2.09. The van der Waals surface area contributed by atoms with Crippen molar-refractivity contribution in [1.29, 1.82) is 0 Å². The van der Waals surface area contributed by atoms with Crippen molar-refractivity contribution in [3.63, 3.8) is 0 Å². The Bertz CT molecular complexity index is 432. The molecule has 4 nitrogen and oxygen atoms in total. The Morgan fingerprint density at radius 3 is 2.67 bits per heavy atom. The number of ether oxygens (including phenoxy) is 2. The monoisotopic (exact) mass is 295 g/mol. The summed E-state index contributed by atoms with van der Waals surface area (Å²) in [6.07, 6.45) is -0.540. The van der Waals surface area contributed by atoms with Gasteiger partial charge in [0.2, 0.25) is 0 Å². The van der Waals surface area contributed by atoms with Crippen molar-refractivity contribution in [3.8, 4) is 5.75 Å². The second-order valence-corrected chi connectivity index (χ2v) is 6.06. The maximum absolute atomic E-state index is 9.97. The minimum Gasteiger partial charge on any atom is -0.491 e. The van der Waals surface area contributed by atoms with Crippen LogP contribution < -0.4 is 10.1 Å². The summed E-state index contributed by atoms with van der Waals surface area (Å²) in [6, 6.07) is 6.07. The highest BCUT2D eigenvalue weighted by Crippen LogP contribution is 2.19. The molecule has 0 spiro atoms. The first-order valence-corrected chi connectivity index (χ1v) is 7.57. The predicted octanol–water partition coefficient (Wildman–Crippen LogP) is 2.45. The van der Waals surface area contributed by atoms with Gasteiger partial charge in [-0.15, -0.1) is 0 Å². The van der Waals surface area contributed by atoms with E-state index in [1.54, 1.807) is 0 Å². The van der Waals surface area contributed by atoms with Gasteiger partial charge in [-0.25, -0.2) is 0 Å². The largest absolute Gasteiger partial charge is 0.491 e. The van der Waals surface area contributed by atoms with Gasteiger partial charge in [-0.2, -0.15) is 0 Å². The normalized spacial score (nSPS) is 13.2. The molecule has 21 heavy (non-hydrogen) atoms. The highest BCUT2D eigenvalue weighted by atomic mass is 16.5. The lowest BCUT2D eigenvalue weighted by Crippen LogP contribution is -2.41. The summed E-state index contributed by atoms with van der Waals surface area (Å²) in [4.78, 5) is 0. The SMILES string of the molecule is CCOC(C)(C)CNCC(O)COc1cc(C)ccc1C. The Morgan fingerprint density at radius 1 is 1.29 bits per heavy atom. The molecular weight excluding hydrogens is 266 g/mol. The second-order valence-electron chi connectivity index (χ2n) is 6.06. The molecule has 0 aromatic heterocycles. The molecule has 0 fully saturated rings. The summed E-state index contributed by atoms with van der Waals surface area (Å²) in [6.45, 7) is 12.2. The zero-order chi connectivity index (χ0) is 15.9. The van der Waals surface area contributed by atoms with Crippen LogP contribution in [0.1, 0.15) is 31.9 Å². The number of benzene rings is 1. The van der Waals surface area contributed by atoms with Crippen LogP contribution in [0.5, 0.6) is 5.75 Å². The zero-order valence-corrected chi connectivity index (χ0v) is 13.9. The average molecular weight is 295 g/mol. The van der Waals surface area contributed by atoms with Gasteiger partial charge in [-0.3, -0.25) is 0 Å². The van der Waals surface area contributed by atoms with Crippen molar-refractivity contribution in [2.24, 2.45) is 0 Å². The molecular formula is C17H29NO3. The fraction of sp³-hybridized carbons (Fsp3) is 0.647. The van der Waals surface area contributed by atoms with E-state index >= 15 is 0 Å². The van der Waals surface area contributed by atoms with Gasteiger partial charge in [0.05, 0.1) is 5.60 Å². The van der Waals surface area contributed by atoms with E-state index in [0.717, 1.165) is 16.9 Å². The molecule has 1 aromatic rings. The molecule has 120 valence electrons. The van der Waals surface area contributed by atoms with Crippen molar-refractivity contribution in [3.05, 3.63) is 29.3 Å². The molecule has 0 aliphatic heterocycles. The molecule has 1 unspecified atom stereocenters. The van der Waals surface area contributed by atoms with Gasteiger partial charge in [0, 0.05) is 19.7 Å². The zero-order valence-electron chi connectivity index (χ0n) is 13.9. The third kappa shape index (κ3) is 6.93. The molecule has 4 heteroatoms. The topological polar surface area (TPSA) is 50.7 Å². The molecule has 0 amide bonds. The molecule has 1 aromatic carbocycles. The quantitative estimate of drug-likeness (QED) is 0.735. The fourth-order valence-electron chi connectivity index (χ4n) is 2.09. The molecule has 0 aliphatic rings. The second kappa shape index (κ2) is 8.37. The van der Waals surface area contributed by atoms with Gasteiger partial charge in [-0.1, -0.05) is 12.1 Å². The molecule has 0 saturated carbocycles. The van der Waals surface area contributed by atoms with Crippen LogP contribution in [0.3, 0.4) is 0 Å². The van der Waals surface area contributed by atoms with Gasteiger partial charge >= 0.3 is 0 Å². The molecule has 0 saturated heterocycles. The van der Waals surface area contributed by atoms with Crippen LogP contribution in [0.2, 0.25) is 0 Å². The Morgan fingerprint density at radius 2 is 2.00 bits per heavy atom. The molecule has 0 aliphatic carbocycles. The Balaban J connectivity index is 2.31. The van der Waals surface area contributed by atoms with E-state index in [0.29, 0.717) is 19.7 Å². The van der Waals surface area contributed by atoms with Crippen molar-refractivity contribution in [2.45, 2.75) is 46.3 Å². The van der Waals surface area contributed by atoms with Crippen LogP contribution in [0.4, 0.5) is 0 Å². The lowest BCUT2D eigenvalue weighted by Gasteiger charge is -2.25. The third-order valence-electron chi connectivity index (χ3n) is 3.24. The van der Waals surface area contributed by atoms with Crippen molar-refractivity contribution >= 4 is 0 Å². The number of rotatable bonds is 9. The van der Waals surface area contributed by atoms with E-state index in [1.807, 2.05) is 46.8 Å². The summed E-state index contributed by atoms with van der Waals surface area (Å²) in [5.41, 5.74) is 2.02. The van der Waals surface area contributed by atoms with Crippen LogP contribution in [0.25, 0.3) is 0 Å². The van der Waals surface area contributed by atoms with Crippen molar-refractivity contribution in [1.82, 2.24) is 5.32 Å². The van der Waals surface area contributed by atoms with Crippen molar-refractivity contribution in [2.75, 3.05) is 26.3 Å². The van der Waals surface area contributed by atoms with Gasteiger partial charge < -0.3 is 19.9 Å². The standard InChI is InChI=1S/C17H29NO3/c1-6-21-17(4,5)12-18-10-15(19)11-20-16-9-13(2)7-8-14(16)3/h7-9,15,18-19H,6,10-12H2,1-5H3. The number of aliphatic hydroxyl groups is 1. The van der Waals surface area contributed by atoms with Gasteiger partial charge in [0.15, 0.2) is 0 Å². The molecule has 1 rings (SSSR count). The van der Waals surface area contributed by atoms with E-state index in [9.17, 15) is 5.11 Å². The Labute approximate surface area is 128 Å². The van der Waals surface area contributed by atoms with Gasteiger partial charge in [-0.05, 0) is 51.8 Å². The minimum atomic E-state index is -0.540. The summed E-state index contributed by atoms with van der Waals surface area (Å²) in [7, 11) is 0. The number of nitrogens with one attached hydrogen (secondary N) is 1. The molecule has 0 bridgehead atoms. The average Bonchev–Trinajstić information content (AvgIpc) is 2.39. The van der Waals surface area contributed by atoms with Crippen LogP contribution >= 0.6 is 0 Å². The summed E-state index contributed by atoms with van der Waals surface area (Å²) in [5.74, 6) is 0.837. The Kier molecular flexibility index (Phi) is 7.15. The van der Waals surface area contributed by atoms with E-state index in [1.165, 1.54) is 0 Å². The number of aliphatic hydroxyl groups excluding tert-OH is 1. The highest BCUT2D eigenvalue weighted by molar-refractivity contribution is 5.35. The number of hydrogen-bond donors (Lipinski definition) is 2. The summed E-state index contributed by atoms with van der Waals surface area (Å²) in [5, 5.41) is 13.2. The van der Waals surface area contributed by atoms with E-state index in [2.05, 4.69) is 11.4 Å². The lowest BCUT2D eigenvalue weighted by molar-refractivity contribution is -0.0112. The molecule has 0 radical (unpaired) electrons. The van der Waals surface area contributed by atoms with Crippen molar-refractivity contribution < 1.29 is 14.6 Å². The molecule has 0 heterocycles. The van der Waals surface area contributed by atoms with Crippen LogP contribution in [0.15, 0.2) is 18.2 Å². The third-order valence-corrected chi connectivity index (χ3v) is 3.24. The molecule has 1 atom stereocenters.